The number of nitrogens with one attached hydrogen (secondary N) is 1. The van der Waals surface area contributed by atoms with E-state index in [1.165, 1.54) is 244 Å². The third kappa shape index (κ3) is 44.6. The van der Waals surface area contributed by atoms with Gasteiger partial charge >= 0.3 is 0 Å². The van der Waals surface area contributed by atoms with Crippen LogP contribution >= 0.6 is 0 Å². The molecule has 4 N–H and O–H groups in total. The number of amides is 1. The molecule has 0 aliphatic carbocycles. The minimum absolute atomic E-state index is 0.0191. The van der Waals surface area contributed by atoms with E-state index in [2.05, 4.69) is 19.2 Å². The molecular weight excluding hydrogens is 715 g/mol. The molecule has 0 spiro atoms. The van der Waals surface area contributed by atoms with E-state index in [1.807, 2.05) is 6.08 Å². The highest BCUT2D eigenvalue weighted by molar-refractivity contribution is 5.76. The van der Waals surface area contributed by atoms with E-state index in [1.54, 1.807) is 6.08 Å². The second kappa shape index (κ2) is 48.8. The van der Waals surface area contributed by atoms with E-state index in [9.17, 15) is 20.1 Å². The summed E-state index contributed by atoms with van der Waals surface area (Å²) in [6.07, 6.45) is 59.7. The molecule has 3 unspecified atom stereocenters. The van der Waals surface area contributed by atoms with Gasteiger partial charge < -0.3 is 20.6 Å². The van der Waals surface area contributed by atoms with Gasteiger partial charge in [-0.1, -0.05) is 283 Å². The maximum atomic E-state index is 12.5. The molecule has 0 heterocycles. The Morgan fingerprint density at radius 1 is 0.431 bits per heavy atom. The van der Waals surface area contributed by atoms with Gasteiger partial charge in [0.15, 0.2) is 0 Å². The molecule has 5 nitrogen and oxygen atoms in total. The third-order valence-corrected chi connectivity index (χ3v) is 12.6. The van der Waals surface area contributed by atoms with E-state index in [4.69, 9.17) is 0 Å². The number of unbranched alkanes of at least 4 members (excludes halogenated alkanes) is 40. The van der Waals surface area contributed by atoms with Gasteiger partial charge in [0.1, 0.15) is 0 Å². The lowest BCUT2D eigenvalue weighted by atomic mass is 10.0. The molecule has 58 heavy (non-hydrogen) atoms. The fourth-order valence-electron chi connectivity index (χ4n) is 8.52. The van der Waals surface area contributed by atoms with E-state index < -0.39 is 18.2 Å². The first-order valence-corrected chi connectivity index (χ1v) is 26.5. The highest BCUT2D eigenvalue weighted by Crippen LogP contribution is 2.18. The number of hydrogen-bond donors (Lipinski definition) is 4. The Morgan fingerprint density at radius 3 is 1.00 bits per heavy atom. The second-order valence-electron chi connectivity index (χ2n) is 18.5. The van der Waals surface area contributed by atoms with Crippen molar-refractivity contribution >= 4 is 5.91 Å². The molecule has 3 atom stereocenters. The largest absolute Gasteiger partial charge is 0.394 e. The van der Waals surface area contributed by atoms with Crippen LogP contribution in [0.3, 0.4) is 0 Å². The average Bonchev–Trinajstić information content (AvgIpc) is 3.22. The first-order chi connectivity index (χ1) is 28.5. The van der Waals surface area contributed by atoms with E-state index in [0.29, 0.717) is 6.42 Å². The van der Waals surface area contributed by atoms with Crippen molar-refractivity contribution in [3.8, 4) is 0 Å². The molecule has 1 amide bonds. The molecule has 0 aromatic heterocycles. The summed E-state index contributed by atoms with van der Waals surface area (Å²) in [4.78, 5) is 12.5. The lowest BCUT2D eigenvalue weighted by Gasteiger charge is -2.21. The Balaban J connectivity index is 3.47. The third-order valence-electron chi connectivity index (χ3n) is 12.6. The zero-order valence-corrected chi connectivity index (χ0v) is 39.5. The van der Waals surface area contributed by atoms with Crippen LogP contribution in [0.15, 0.2) is 12.2 Å². The van der Waals surface area contributed by atoms with Crippen molar-refractivity contribution in [1.82, 2.24) is 5.32 Å². The normalized spacial score (nSPS) is 13.4. The van der Waals surface area contributed by atoms with Crippen molar-refractivity contribution < 1.29 is 20.1 Å². The number of carbonyl (C=O) groups is 1. The molecule has 0 aromatic rings. The van der Waals surface area contributed by atoms with Crippen LogP contribution in [-0.2, 0) is 4.79 Å². The standard InChI is InChI=1S/C53H105NO4/c1-3-5-7-9-11-13-15-17-18-19-20-21-22-23-24-25-26-27-28-29-30-31-32-33-35-36-38-40-42-44-46-50(56)48-53(58)54-51(49-55)52(57)47-45-43-41-39-37-34-16-14-12-10-8-6-4-2/h45,47,50-52,55-57H,3-44,46,48-49H2,1-2H3,(H,54,58)/b47-45+. The van der Waals surface area contributed by atoms with E-state index in [0.717, 1.165) is 25.7 Å². The predicted molar refractivity (Wildman–Crippen MR) is 255 cm³/mol. The van der Waals surface area contributed by atoms with Crippen LogP contribution < -0.4 is 5.32 Å². The van der Waals surface area contributed by atoms with Gasteiger partial charge in [0, 0.05) is 0 Å². The summed E-state index contributed by atoms with van der Waals surface area (Å²) in [6, 6.07) is -0.739. The monoisotopic (exact) mass is 820 g/mol. The summed E-state index contributed by atoms with van der Waals surface area (Å²) < 4.78 is 0. The molecule has 0 radical (unpaired) electrons. The average molecular weight is 820 g/mol. The van der Waals surface area contributed by atoms with Crippen LogP contribution in [0.5, 0.6) is 0 Å². The van der Waals surface area contributed by atoms with Crippen LogP contribution in [0.1, 0.15) is 296 Å². The Hall–Kier alpha value is -0.910. The van der Waals surface area contributed by atoms with Crippen molar-refractivity contribution in [2.45, 2.75) is 315 Å². The fourth-order valence-corrected chi connectivity index (χ4v) is 8.52. The molecule has 346 valence electrons. The second-order valence-corrected chi connectivity index (χ2v) is 18.5. The zero-order valence-electron chi connectivity index (χ0n) is 39.5. The van der Waals surface area contributed by atoms with E-state index in [-0.39, 0.29) is 18.9 Å². The SMILES string of the molecule is CCCCCCCCCCCCC/C=C/C(O)C(CO)NC(=O)CC(O)CCCCCCCCCCCCCCCCCCCCCCCCCCCCCCCC. The Bertz CT molecular complexity index is 818. The molecule has 0 aliphatic heterocycles. The molecule has 0 fully saturated rings. The van der Waals surface area contributed by atoms with Gasteiger partial charge in [0.25, 0.3) is 0 Å². The maximum absolute atomic E-state index is 12.5. The lowest BCUT2D eigenvalue weighted by Crippen LogP contribution is -2.45. The zero-order chi connectivity index (χ0) is 42.3. The summed E-state index contributed by atoms with van der Waals surface area (Å²) >= 11 is 0. The molecule has 0 saturated carbocycles. The van der Waals surface area contributed by atoms with Crippen LogP contribution in [0.4, 0.5) is 0 Å². The number of aliphatic hydroxyl groups is 3. The van der Waals surface area contributed by atoms with Crippen LogP contribution in [0, 0.1) is 0 Å². The Labute approximate surface area is 363 Å². The summed E-state index contributed by atoms with van der Waals surface area (Å²) in [6.45, 7) is 4.23. The number of hydrogen-bond acceptors (Lipinski definition) is 4. The van der Waals surface area contributed by atoms with Crippen LogP contribution in [-0.4, -0.2) is 46.1 Å². The Morgan fingerprint density at radius 2 is 0.707 bits per heavy atom. The highest BCUT2D eigenvalue weighted by atomic mass is 16.3. The van der Waals surface area contributed by atoms with Gasteiger partial charge in [-0.25, -0.2) is 0 Å². The molecule has 5 heteroatoms. The van der Waals surface area contributed by atoms with Gasteiger partial charge in [-0.15, -0.1) is 0 Å². The maximum Gasteiger partial charge on any atom is 0.222 e. The Kier molecular flexibility index (Phi) is 48.0. The van der Waals surface area contributed by atoms with Crippen molar-refractivity contribution in [3.63, 3.8) is 0 Å². The fraction of sp³-hybridized carbons (Fsp3) is 0.943. The van der Waals surface area contributed by atoms with Gasteiger partial charge in [-0.05, 0) is 19.3 Å². The quantitative estimate of drug-likeness (QED) is 0.0364. The predicted octanol–water partition coefficient (Wildman–Crippen LogP) is 15.9. The highest BCUT2D eigenvalue weighted by Gasteiger charge is 2.20. The first-order valence-electron chi connectivity index (χ1n) is 26.5. The number of aliphatic hydroxyl groups excluding tert-OH is 3. The molecule has 0 aliphatic rings. The van der Waals surface area contributed by atoms with E-state index >= 15 is 0 Å². The summed E-state index contributed by atoms with van der Waals surface area (Å²) in [5.41, 5.74) is 0. The summed E-state index contributed by atoms with van der Waals surface area (Å²) in [5, 5.41) is 33.3. The first kappa shape index (κ1) is 57.1. The van der Waals surface area contributed by atoms with Crippen LogP contribution in [0.25, 0.3) is 0 Å². The van der Waals surface area contributed by atoms with Gasteiger partial charge in [0.05, 0.1) is 31.3 Å². The van der Waals surface area contributed by atoms with Gasteiger partial charge in [0.2, 0.25) is 5.91 Å². The minimum atomic E-state index is -0.924. The van der Waals surface area contributed by atoms with Gasteiger partial charge in [-0.2, -0.15) is 0 Å². The molecular formula is C53H105NO4. The van der Waals surface area contributed by atoms with Crippen molar-refractivity contribution in [2.24, 2.45) is 0 Å². The molecule has 0 bridgehead atoms. The van der Waals surface area contributed by atoms with Crippen molar-refractivity contribution in [1.29, 1.82) is 0 Å². The lowest BCUT2D eigenvalue weighted by molar-refractivity contribution is -0.124. The minimum Gasteiger partial charge on any atom is -0.394 e. The molecule has 0 aromatic carbocycles. The summed E-state index contributed by atoms with van der Waals surface area (Å²) in [7, 11) is 0. The van der Waals surface area contributed by atoms with Crippen molar-refractivity contribution in [2.75, 3.05) is 6.61 Å². The number of allylic oxidation sites excluding steroid dienone is 1. The molecule has 0 rings (SSSR count). The van der Waals surface area contributed by atoms with Crippen LogP contribution in [0.2, 0.25) is 0 Å². The topological polar surface area (TPSA) is 89.8 Å². The smallest absolute Gasteiger partial charge is 0.222 e. The van der Waals surface area contributed by atoms with Gasteiger partial charge in [-0.3, -0.25) is 4.79 Å². The molecule has 0 saturated heterocycles. The summed E-state index contributed by atoms with van der Waals surface area (Å²) in [5.74, 6) is -0.310. The number of rotatable bonds is 49. The number of carbonyl (C=O) groups excluding carboxylic acids is 1. The van der Waals surface area contributed by atoms with Crippen molar-refractivity contribution in [3.05, 3.63) is 12.2 Å².